The number of carbonyl (C=O) groups excluding carboxylic acids is 1. The van der Waals surface area contributed by atoms with E-state index in [1.54, 1.807) is 0 Å². The zero-order chi connectivity index (χ0) is 25.5. The standard InChI is InChI=1S/C28H34N6O3S/c35-28(25-5-2-12-37-25)34-8-6-31(7-9-34)19-32-17-24(33-10-13-36-14-11-33)21-15-26(38-27(21)18-32)20-3-1-4-23-22(20)16-29-30-23/h1,3-4,15-17,25H,2,5-14,18-19H2,(H,29,30). The van der Waals surface area contributed by atoms with Crippen molar-refractivity contribution in [2.24, 2.45) is 0 Å². The van der Waals surface area contributed by atoms with E-state index in [0.29, 0.717) is 6.61 Å². The van der Waals surface area contributed by atoms with Gasteiger partial charge in [0.25, 0.3) is 5.91 Å². The van der Waals surface area contributed by atoms with Crippen LogP contribution in [0, 0.1) is 0 Å². The predicted molar refractivity (Wildman–Crippen MR) is 147 cm³/mol. The first-order valence-corrected chi connectivity index (χ1v) is 14.5. The summed E-state index contributed by atoms with van der Waals surface area (Å²) in [7, 11) is 0. The van der Waals surface area contributed by atoms with Crippen LogP contribution < -0.4 is 0 Å². The molecule has 1 aromatic carbocycles. The Hall–Kier alpha value is -2.92. The number of thiophene rings is 1. The van der Waals surface area contributed by atoms with Crippen LogP contribution in [0.2, 0.25) is 0 Å². The number of nitrogens with zero attached hydrogens (tertiary/aromatic N) is 5. The highest BCUT2D eigenvalue weighted by atomic mass is 32.1. The minimum absolute atomic E-state index is 0.179. The van der Waals surface area contributed by atoms with Gasteiger partial charge in [-0.1, -0.05) is 12.1 Å². The van der Waals surface area contributed by atoms with Crippen LogP contribution in [0.15, 0.2) is 36.7 Å². The fourth-order valence-electron chi connectivity index (χ4n) is 6.04. The summed E-state index contributed by atoms with van der Waals surface area (Å²) in [4.78, 5) is 24.9. The van der Waals surface area contributed by atoms with Gasteiger partial charge in [0.15, 0.2) is 0 Å². The molecule has 4 aliphatic rings. The maximum Gasteiger partial charge on any atom is 0.251 e. The third kappa shape index (κ3) is 4.59. The topological polar surface area (TPSA) is 77.2 Å². The molecule has 4 aliphatic heterocycles. The minimum Gasteiger partial charge on any atom is -0.378 e. The van der Waals surface area contributed by atoms with Crippen molar-refractivity contribution >= 4 is 33.8 Å². The molecule has 3 fully saturated rings. The Morgan fingerprint density at radius 3 is 2.76 bits per heavy atom. The fourth-order valence-corrected chi connectivity index (χ4v) is 7.28. The summed E-state index contributed by atoms with van der Waals surface area (Å²) in [5.41, 5.74) is 4.94. The number of hydrogen-bond acceptors (Lipinski definition) is 8. The van der Waals surface area contributed by atoms with E-state index >= 15 is 0 Å². The predicted octanol–water partition coefficient (Wildman–Crippen LogP) is 3.02. The number of aromatic amines is 1. The van der Waals surface area contributed by atoms with Gasteiger partial charge in [0.05, 0.1) is 43.8 Å². The van der Waals surface area contributed by atoms with Gasteiger partial charge in [-0.2, -0.15) is 5.10 Å². The Morgan fingerprint density at radius 2 is 1.95 bits per heavy atom. The molecule has 3 aromatic rings. The van der Waals surface area contributed by atoms with Gasteiger partial charge >= 0.3 is 0 Å². The number of carbonyl (C=O) groups is 1. The van der Waals surface area contributed by atoms with Crippen molar-refractivity contribution in [3.63, 3.8) is 0 Å². The summed E-state index contributed by atoms with van der Waals surface area (Å²) in [5, 5.41) is 8.54. The van der Waals surface area contributed by atoms with Gasteiger partial charge in [0.1, 0.15) is 6.10 Å². The Bertz CT molecular complexity index is 1330. The van der Waals surface area contributed by atoms with E-state index in [2.05, 4.69) is 55.4 Å². The first-order valence-electron chi connectivity index (χ1n) is 13.7. The zero-order valence-corrected chi connectivity index (χ0v) is 22.4. The second-order valence-corrected chi connectivity index (χ2v) is 11.7. The number of amides is 1. The van der Waals surface area contributed by atoms with Crippen molar-refractivity contribution in [3.05, 3.63) is 47.1 Å². The molecule has 0 spiro atoms. The molecule has 7 rings (SSSR count). The van der Waals surface area contributed by atoms with Crippen molar-refractivity contribution in [1.29, 1.82) is 0 Å². The van der Waals surface area contributed by atoms with Gasteiger partial charge in [-0.25, -0.2) is 0 Å². The summed E-state index contributed by atoms with van der Waals surface area (Å²) in [6.45, 7) is 9.14. The molecule has 10 heteroatoms. The number of piperazine rings is 1. The Morgan fingerprint density at radius 1 is 1.08 bits per heavy atom. The van der Waals surface area contributed by atoms with E-state index in [1.165, 1.54) is 26.6 Å². The molecule has 3 saturated heterocycles. The molecule has 200 valence electrons. The summed E-state index contributed by atoms with van der Waals surface area (Å²) in [6, 6.07) is 8.75. The molecular weight excluding hydrogens is 500 g/mol. The number of aromatic nitrogens is 2. The van der Waals surface area contributed by atoms with Gasteiger partial charge in [-0.15, -0.1) is 11.3 Å². The second-order valence-electron chi connectivity index (χ2n) is 10.5. The second kappa shape index (κ2) is 10.3. The summed E-state index contributed by atoms with van der Waals surface area (Å²) in [5.74, 6) is 0.179. The summed E-state index contributed by atoms with van der Waals surface area (Å²) >= 11 is 1.89. The van der Waals surface area contributed by atoms with Crippen LogP contribution in [0.25, 0.3) is 27.0 Å². The van der Waals surface area contributed by atoms with Crippen molar-refractivity contribution in [1.82, 2.24) is 29.8 Å². The van der Waals surface area contributed by atoms with E-state index in [0.717, 1.165) is 89.4 Å². The molecular formula is C28H34N6O3S. The lowest BCUT2D eigenvalue weighted by molar-refractivity contribution is -0.142. The van der Waals surface area contributed by atoms with Crippen LogP contribution in [-0.4, -0.2) is 108 Å². The highest BCUT2D eigenvalue weighted by Crippen LogP contribution is 2.41. The fraction of sp³-hybridized carbons (Fsp3) is 0.500. The first-order chi connectivity index (χ1) is 18.7. The normalized spacial score (nSPS) is 22.7. The molecule has 1 amide bonds. The monoisotopic (exact) mass is 534 g/mol. The van der Waals surface area contributed by atoms with E-state index in [9.17, 15) is 4.79 Å². The molecule has 0 radical (unpaired) electrons. The molecule has 6 heterocycles. The molecule has 38 heavy (non-hydrogen) atoms. The number of rotatable bonds is 5. The van der Waals surface area contributed by atoms with Crippen molar-refractivity contribution in [3.8, 4) is 10.4 Å². The summed E-state index contributed by atoms with van der Waals surface area (Å²) in [6.07, 6.45) is 5.92. The lowest BCUT2D eigenvalue weighted by Gasteiger charge is -2.40. The Labute approximate surface area is 226 Å². The number of fused-ring (bicyclic) bond motifs is 2. The van der Waals surface area contributed by atoms with Crippen molar-refractivity contribution in [2.45, 2.75) is 25.5 Å². The Balaban J connectivity index is 1.10. The van der Waals surface area contributed by atoms with Crippen LogP contribution in [0.4, 0.5) is 0 Å². The lowest BCUT2D eigenvalue weighted by atomic mass is 10.0. The molecule has 1 unspecified atom stereocenters. The highest BCUT2D eigenvalue weighted by molar-refractivity contribution is 7.15. The summed E-state index contributed by atoms with van der Waals surface area (Å²) < 4.78 is 11.3. The van der Waals surface area contributed by atoms with Crippen molar-refractivity contribution in [2.75, 3.05) is 65.8 Å². The maximum atomic E-state index is 12.8. The third-order valence-corrected chi connectivity index (χ3v) is 9.26. The van der Waals surface area contributed by atoms with Crippen molar-refractivity contribution < 1.29 is 14.3 Å². The quantitative estimate of drug-likeness (QED) is 0.539. The molecule has 1 atom stereocenters. The SMILES string of the molecule is O=C(C1CCCO1)N1CCN(CN2C=C(N3CCOCC3)c3cc(-c4cccc5[nH]ncc45)sc3C2)CC1. The van der Waals surface area contributed by atoms with E-state index in [1.807, 2.05) is 22.4 Å². The third-order valence-electron chi connectivity index (χ3n) is 8.11. The maximum absolute atomic E-state index is 12.8. The Kier molecular flexibility index (Phi) is 6.56. The van der Waals surface area contributed by atoms with Crippen LogP contribution >= 0.6 is 11.3 Å². The lowest BCUT2D eigenvalue weighted by Crippen LogP contribution is -2.53. The van der Waals surface area contributed by atoms with Crippen LogP contribution in [0.5, 0.6) is 0 Å². The molecule has 0 aliphatic carbocycles. The van der Waals surface area contributed by atoms with E-state index in [-0.39, 0.29) is 12.0 Å². The molecule has 9 nitrogen and oxygen atoms in total. The molecule has 2 aromatic heterocycles. The number of hydrogen-bond donors (Lipinski definition) is 1. The number of morpholine rings is 1. The van der Waals surface area contributed by atoms with Gasteiger partial charge in [0, 0.05) is 78.3 Å². The van der Waals surface area contributed by atoms with Gasteiger partial charge in [-0.05, 0) is 25.0 Å². The smallest absolute Gasteiger partial charge is 0.251 e. The number of ether oxygens (including phenoxy) is 2. The van der Waals surface area contributed by atoms with Gasteiger partial charge < -0.3 is 24.2 Å². The number of nitrogens with one attached hydrogen (secondary N) is 1. The van der Waals surface area contributed by atoms with Crippen LogP contribution in [0.1, 0.15) is 23.3 Å². The highest BCUT2D eigenvalue weighted by Gasteiger charge is 2.32. The molecule has 0 saturated carbocycles. The van der Waals surface area contributed by atoms with Crippen LogP contribution in [-0.2, 0) is 20.8 Å². The number of H-pyrrole nitrogens is 1. The van der Waals surface area contributed by atoms with E-state index < -0.39 is 0 Å². The molecule has 0 bridgehead atoms. The number of benzene rings is 1. The van der Waals surface area contributed by atoms with Gasteiger partial charge in [-0.3, -0.25) is 14.8 Å². The molecule has 1 N–H and O–H groups in total. The van der Waals surface area contributed by atoms with E-state index in [4.69, 9.17) is 9.47 Å². The largest absolute Gasteiger partial charge is 0.378 e. The first kappa shape index (κ1) is 24.1. The minimum atomic E-state index is -0.220. The average Bonchev–Trinajstić information content (AvgIpc) is 3.74. The van der Waals surface area contributed by atoms with Crippen LogP contribution in [0.3, 0.4) is 0 Å². The zero-order valence-electron chi connectivity index (χ0n) is 21.6. The average molecular weight is 535 g/mol. The van der Waals surface area contributed by atoms with Gasteiger partial charge in [0.2, 0.25) is 0 Å².